The Morgan fingerprint density at radius 3 is 2.88 bits per heavy atom. The Morgan fingerprint density at radius 2 is 2.24 bits per heavy atom. The molecule has 96 valence electrons. The van der Waals surface area contributed by atoms with Gasteiger partial charge in [0.2, 0.25) is 0 Å². The molecule has 0 saturated heterocycles. The molecule has 4 nitrogen and oxygen atoms in total. The van der Waals surface area contributed by atoms with E-state index in [-0.39, 0.29) is 0 Å². The molecule has 0 radical (unpaired) electrons. The molecular weight excluding hydrogens is 214 g/mol. The van der Waals surface area contributed by atoms with Crippen molar-refractivity contribution in [2.45, 2.75) is 26.4 Å². The smallest absolute Gasteiger partial charge is 0.0637 e. The molecule has 0 unspecified atom stereocenters. The van der Waals surface area contributed by atoms with E-state index in [0.717, 1.165) is 25.4 Å². The monoisotopic (exact) mass is 237 g/mol. The number of ether oxygens (including phenoxy) is 1. The second-order valence-corrected chi connectivity index (χ2v) is 4.46. The first kappa shape index (κ1) is 13.9. The van der Waals surface area contributed by atoms with E-state index in [4.69, 9.17) is 4.74 Å². The molecule has 0 spiro atoms. The van der Waals surface area contributed by atoms with Gasteiger partial charge in [-0.1, -0.05) is 13.8 Å². The minimum Gasteiger partial charge on any atom is -0.383 e. The van der Waals surface area contributed by atoms with E-state index in [9.17, 15) is 0 Å². The molecule has 0 atom stereocenters. The number of nitrogens with zero attached hydrogens (tertiary/aromatic N) is 2. The second-order valence-electron chi connectivity index (χ2n) is 4.46. The van der Waals surface area contributed by atoms with Crippen LogP contribution in [0.15, 0.2) is 18.3 Å². The number of methoxy groups -OCH3 is 1. The van der Waals surface area contributed by atoms with E-state index in [1.807, 2.05) is 12.3 Å². The molecule has 4 heteroatoms. The van der Waals surface area contributed by atoms with Crippen molar-refractivity contribution in [1.82, 2.24) is 10.3 Å². The summed E-state index contributed by atoms with van der Waals surface area (Å²) in [5, 5.41) is 3.37. The number of rotatable bonds is 7. The third kappa shape index (κ3) is 5.15. The van der Waals surface area contributed by atoms with Crippen molar-refractivity contribution in [3.63, 3.8) is 0 Å². The van der Waals surface area contributed by atoms with Crippen LogP contribution in [0.25, 0.3) is 0 Å². The highest BCUT2D eigenvalue weighted by molar-refractivity contribution is 5.45. The second kappa shape index (κ2) is 7.25. The highest BCUT2D eigenvalue weighted by Crippen LogP contribution is 2.12. The van der Waals surface area contributed by atoms with Crippen LogP contribution in [0.1, 0.15) is 19.5 Å². The maximum atomic E-state index is 5.07. The Hall–Kier alpha value is -1.13. The van der Waals surface area contributed by atoms with E-state index in [2.05, 4.69) is 42.2 Å². The van der Waals surface area contributed by atoms with Gasteiger partial charge in [-0.05, 0) is 12.1 Å². The normalized spacial score (nSPS) is 10.9. The van der Waals surface area contributed by atoms with Gasteiger partial charge in [0.15, 0.2) is 0 Å². The highest BCUT2D eigenvalue weighted by atomic mass is 16.5. The zero-order valence-corrected chi connectivity index (χ0v) is 11.2. The highest BCUT2D eigenvalue weighted by Gasteiger charge is 2.03. The first-order valence-corrected chi connectivity index (χ1v) is 6.02. The minimum absolute atomic E-state index is 0.478. The van der Waals surface area contributed by atoms with Gasteiger partial charge in [-0.15, -0.1) is 0 Å². The zero-order chi connectivity index (χ0) is 12.7. The molecule has 1 rings (SSSR count). The van der Waals surface area contributed by atoms with Crippen LogP contribution in [0.2, 0.25) is 0 Å². The van der Waals surface area contributed by atoms with Crippen LogP contribution < -0.4 is 10.2 Å². The number of nitrogens with one attached hydrogen (secondary N) is 1. The van der Waals surface area contributed by atoms with Gasteiger partial charge in [0.1, 0.15) is 0 Å². The number of pyridine rings is 1. The number of hydrogen-bond acceptors (Lipinski definition) is 4. The summed E-state index contributed by atoms with van der Waals surface area (Å²) in [5.74, 6) is 0. The molecule has 1 aromatic rings. The molecule has 1 aromatic heterocycles. The summed E-state index contributed by atoms with van der Waals surface area (Å²) < 4.78 is 5.07. The molecule has 1 N–H and O–H groups in total. The fraction of sp³-hybridized carbons (Fsp3) is 0.615. The number of anilines is 1. The van der Waals surface area contributed by atoms with Crippen LogP contribution in [0.5, 0.6) is 0 Å². The van der Waals surface area contributed by atoms with Crippen molar-refractivity contribution in [2.24, 2.45) is 0 Å². The van der Waals surface area contributed by atoms with Crippen molar-refractivity contribution in [2.75, 3.05) is 32.2 Å². The first-order chi connectivity index (χ1) is 8.13. The summed E-state index contributed by atoms with van der Waals surface area (Å²) in [6, 6.07) is 4.62. The lowest BCUT2D eigenvalue weighted by atomic mass is 10.2. The quantitative estimate of drug-likeness (QED) is 0.782. The summed E-state index contributed by atoms with van der Waals surface area (Å²) in [4.78, 5) is 6.52. The average molecular weight is 237 g/mol. The van der Waals surface area contributed by atoms with Crippen LogP contribution in [-0.4, -0.2) is 38.3 Å². The van der Waals surface area contributed by atoms with Crippen LogP contribution in [0.4, 0.5) is 5.69 Å². The predicted molar refractivity (Wildman–Crippen MR) is 71.4 cm³/mol. The molecule has 17 heavy (non-hydrogen) atoms. The van der Waals surface area contributed by atoms with E-state index in [1.165, 1.54) is 5.69 Å². The van der Waals surface area contributed by atoms with Crippen LogP contribution in [-0.2, 0) is 11.3 Å². The predicted octanol–water partition coefficient (Wildman–Crippen LogP) is 1.66. The summed E-state index contributed by atoms with van der Waals surface area (Å²) in [6.45, 7) is 6.70. The lowest BCUT2D eigenvalue weighted by Gasteiger charge is -2.19. The fourth-order valence-electron chi connectivity index (χ4n) is 1.47. The van der Waals surface area contributed by atoms with E-state index in [1.54, 1.807) is 7.11 Å². The molecule has 0 aromatic carbocycles. The summed E-state index contributed by atoms with van der Waals surface area (Å²) in [6.07, 6.45) is 1.86. The molecule has 0 bridgehead atoms. The maximum Gasteiger partial charge on any atom is 0.0637 e. The summed E-state index contributed by atoms with van der Waals surface area (Å²) in [7, 11) is 3.78. The van der Waals surface area contributed by atoms with Gasteiger partial charge in [-0.2, -0.15) is 0 Å². The standard InChI is InChI=1S/C13H23N3O/c1-11(2)15-10-12-9-13(5-6-14-12)16(3)7-8-17-4/h5-6,9,11,15H,7-8,10H2,1-4H3. The molecule has 1 heterocycles. The van der Waals surface area contributed by atoms with Gasteiger partial charge in [0.25, 0.3) is 0 Å². The van der Waals surface area contributed by atoms with Gasteiger partial charge in [0.05, 0.1) is 12.3 Å². The summed E-state index contributed by atoms with van der Waals surface area (Å²) >= 11 is 0. The molecule has 0 fully saturated rings. The zero-order valence-electron chi connectivity index (χ0n) is 11.2. The lowest BCUT2D eigenvalue weighted by Crippen LogP contribution is -2.24. The van der Waals surface area contributed by atoms with Gasteiger partial charge in [0, 0.05) is 45.2 Å². The minimum atomic E-state index is 0.478. The lowest BCUT2D eigenvalue weighted by molar-refractivity contribution is 0.206. The van der Waals surface area contributed by atoms with Crippen molar-refractivity contribution >= 4 is 5.69 Å². The molecule has 0 aliphatic carbocycles. The molecule has 0 amide bonds. The Labute approximate surface area is 104 Å². The number of aromatic nitrogens is 1. The molecule has 0 aliphatic heterocycles. The van der Waals surface area contributed by atoms with Crippen LogP contribution in [0, 0.1) is 0 Å². The van der Waals surface area contributed by atoms with E-state index in [0.29, 0.717) is 6.04 Å². The largest absolute Gasteiger partial charge is 0.383 e. The Kier molecular flexibility index (Phi) is 5.94. The van der Waals surface area contributed by atoms with Crippen LogP contribution in [0.3, 0.4) is 0 Å². The maximum absolute atomic E-state index is 5.07. The van der Waals surface area contributed by atoms with Gasteiger partial charge < -0.3 is 15.0 Å². The topological polar surface area (TPSA) is 37.4 Å². The van der Waals surface area contributed by atoms with Crippen LogP contribution >= 0.6 is 0 Å². The molecular formula is C13H23N3O. The Morgan fingerprint density at radius 1 is 1.47 bits per heavy atom. The van der Waals surface area contributed by atoms with Gasteiger partial charge >= 0.3 is 0 Å². The van der Waals surface area contributed by atoms with Crippen molar-refractivity contribution in [1.29, 1.82) is 0 Å². The Balaban J connectivity index is 2.58. The van der Waals surface area contributed by atoms with Gasteiger partial charge in [-0.3, -0.25) is 4.98 Å². The average Bonchev–Trinajstić information content (AvgIpc) is 2.33. The first-order valence-electron chi connectivity index (χ1n) is 6.02. The molecule has 0 saturated carbocycles. The van der Waals surface area contributed by atoms with Crippen molar-refractivity contribution in [3.05, 3.63) is 24.0 Å². The Bertz CT molecular complexity index is 328. The number of likely N-dealkylation sites (N-methyl/N-ethyl adjacent to an activating group) is 1. The van der Waals surface area contributed by atoms with Gasteiger partial charge in [-0.25, -0.2) is 0 Å². The SMILES string of the molecule is COCCN(C)c1ccnc(CNC(C)C)c1. The van der Waals surface area contributed by atoms with Crippen molar-refractivity contribution < 1.29 is 4.74 Å². The van der Waals surface area contributed by atoms with Crippen molar-refractivity contribution in [3.8, 4) is 0 Å². The third-order valence-corrected chi connectivity index (χ3v) is 2.56. The van der Waals surface area contributed by atoms with E-state index < -0.39 is 0 Å². The number of hydrogen-bond donors (Lipinski definition) is 1. The fourth-order valence-corrected chi connectivity index (χ4v) is 1.47. The third-order valence-electron chi connectivity index (χ3n) is 2.56. The van der Waals surface area contributed by atoms with E-state index >= 15 is 0 Å². The summed E-state index contributed by atoms with van der Waals surface area (Å²) in [5.41, 5.74) is 2.25. The molecule has 0 aliphatic rings.